The molecule has 0 aromatic carbocycles. The molecule has 1 aromatic rings. The lowest BCUT2D eigenvalue weighted by Crippen LogP contribution is -2.03. The highest BCUT2D eigenvalue weighted by Gasteiger charge is 2.16. The normalized spacial score (nSPS) is 21.9. The number of aromatic nitrogens is 1. The zero-order chi connectivity index (χ0) is 6.97. The van der Waals surface area contributed by atoms with E-state index in [1.165, 1.54) is 4.90 Å². The highest BCUT2D eigenvalue weighted by molar-refractivity contribution is 8.00. The third-order valence-electron chi connectivity index (χ3n) is 1.41. The molecule has 0 saturated carbocycles. The lowest BCUT2D eigenvalue weighted by molar-refractivity contribution is 1.11. The zero-order valence-electron chi connectivity index (χ0n) is 5.66. The molecule has 1 N–H and O–H groups in total. The molecule has 3 heteroatoms. The average molecular weight is 152 g/mol. The fourth-order valence-corrected chi connectivity index (χ4v) is 1.94. The molecule has 1 atom stereocenters. The Bertz CT molecular complexity index is 224. The molecule has 2 heterocycles. The Morgan fingerprint density at radius 2 is 2.60 bits per heavy atom. The topological polar surface area (TPSA) is 24.9 Å². The third-order valence-corrected chi connectivity index (χ3v) is 2.47. The minimum absolute atomic E-state index is 0.477. The van der Waals surface area contributed by atoms with Gasteiger partial charge in [-0.3, -0.25) is 0 Å². The highest BCUT2D eigenvalue weighted by atomic mass is 32.2. The number of anilines is 1. The van der Waals surface area contributed by atoms with Crippen LogP contribution in [0.25, 0.3) is 0 Å². The van der Waals surface area contributed by atoms with Crippen LogP contribution in [0.15, 0.2) is 23.2 Å². The van der Waals surface area contributed by atoms with E-state index < -0.39 is 0 Å². The van der Waals surface area contributed by atoms with Gasteiger partial charge in [-0.15, -0.1) is 0 Å². The summed E-state index contributed by atoms with van der Waals surface area (Å²) in [7, 11) is 0. The number of thioether (sulfide) groups is 1. The first-order valence-electron chi connectivity index (χ1n) is 3.24. The van der Waals surface area contributed by atoms with Gasteiger partial charge in [0.1, 0.15) is 5.82 Å². The monoisotopic (exact) mass is 152 g/mol. The van der Waals surface area contributed by atoms with Crippen LogP contribution in [-0.4, -0.2) is 10.4 Å². The van der Waals surface area contributed by atoms with E-state index in [9.17, 15) is 0 Å². The van der Waals surface area contributed by atoms with Gasteiger partial charge < -0.3 is 5.32 Å². The van der Waals surface area contributed by atoms with Gasteiger partial charge in [0, 0.05) is 6.20 Å². The molecule has 2 nitrogen and oxygen atoms in total. The van der Waals surface area contributed by atoms with Gasteiger partial charge in [-0.25, -0.2) is 4.98 Å². The van der Waals surface area contributed by atoms with Crippen molar-refractivity contribution in [3.8, 4) is 0 Å². The number of rotatable bonds is 0. The van der Waals surface area contributed by atoms with E-state index in [2.05, 4.69) is 23.3 Å². The fraction of sp³-hybridized carbons (Fsp3) is 0.286. The molecule has 0 spiro atoms. The van der Waals surface area contributed by atoms with Crippen LogP contribution in [0.3, 0.4) is 0 Å². The van der Waals surface area contributed by atoms with Crippen molar-refractivity contribution in [3.05, 3.63) is 18.3 Å². The van der Waals surface area contributed by atoms with Crippen LogP contribution in [0.5, 0.6) is 0 Å². The van der Waals surface area contributed by atoms with Crippen molar-refractivity contribution >= 4 is 17.6 Å². The van der Waals surface area contributed by atoms with Crippen molar-refractivity contribution in [2.45, 2.75) is 17.2 Å². The minimum Gasteiger partial charge on any atom is -0.357 e. The summed E-state index contributed by atoms with van der Waals surface area (Å²) in [5.41, 5.74) is 0. The van der Waals surface area contributed by atoms with Crippen molar-refractivity contribution < 1.29 is 0 Å². The molecular weight excluding hydrogens is 144 g/mol. The summed E-state index contributed by atoms with van der Waals surface area (Å²) in [5, 5.41) is 3.73. The number of hydrogen-bond acceptors (Lipinski definition) is 3. The molecule has 0 radical (unpaired) electrons. The van der Waals surface area contributed by atoms with E-state index in [0.29, 0.717) is 5.37 Å². The maximum atomic E-state index is 4.18. The number of nitrogens with zero attached hydrogens (tertiary/aromatic N) is 1. The summed E-state index contributed by atoms with van der Waals surface area (Å²) in [6.07, 6.45) is 1.81. The molecule has 52 valence electrons. The lowest BCUT2D eigenvalue weighted by Gasteiger charge is -1.97. The van der Waals surface area contributed by atoms with Crippen LogP contribution in [0.1, 0.15) is 6.92 Å². The molecular formula is C7H8N2S. The predicted molar refractivity (Wildman–Crippen MR) is 43.2 cm³/mol. The molecule has 1 aromatic heterocycles. The van der Waals surface area contributed by atoms with Crippen LogP contribution >= 0.6 is 11.8 Å². The van der Waals surface area contributed by atoms with Gasteiger partial charge in [-0.1, -0.05) is 11.8 Å². The SMILES string of the molecule is CC1Nc2ncccc2S1. The van der Waals surface area contributed by atoms with Gasteiger partial charge in [0.2, 0.25) is 0 Å². The van der Waals surface area contributed by atoms with Gasteiger partial charge in [0.25, 0.3) is 0 Å². The quantitative estimate of drug-likeness (QED) is 0.615. The van der Waals surface area contributed by atoms with E-state index >= 15 is 0 Å². The molecule has 1 aliphatic heterocycles. The number of fused-ring (bicyclic) bond motifs is 1. The standard InChI is InChI=1S/C7H8N2S/c1-5-9-7-6(10-5)3-2-4-8-7/h2-5H,1H3,(H,8,9). The number of nitrogens with one attached hydrogen (secondary N) is 1. The number of pyridine rings is 1. The van der Waals surface area contributed by atoms with Crippen LogP contribution < -0.4 is 5.32 Å². The Balaban J connectivity index is 2.42. The van der Waals surface area contributed by atoms with Crippen molar-refractivity contribution in [2.75, 3.05) is 5.32 Å². The van der Waals surface area contributed by atoms with Crippen LogP contribution in [0.2, 0.25) is 0 Å². The lowest BCUT2D eigenvalue weighted by atomic mass is 10.4. The van der Waals surface area contributed by atoms with Crippen molar-refractivity contribution in [3.63, 3.8) is 0 Å². The van der Waals surface area contributed by atoms with Crippen molar-refractivity contribution in [1.82, 2.24) is 4.98 Å². The zero-order valence-corrected chi connectivity index (χ0v) is 6.48. The van der Waals surface area contributed by atoms with Crippen LogP contribution in [-0.2, 0) is 0 Å². The van der Waals surface area contributed by atoms with Crippen molar-refractivity contribution in [1.29, 1.82) is 0 Å². The Morgan fingerprint density at radius 1 is 1.70 bits per heavy atom. The summed E-state index contributed by atoms with van der Waals surface area (Å²) in [4.78, 5) is 5.44. The molecule has 0 aliphatic carbocycles. The molecule has 0 fully saturated rings. The molecule has 1 aliphatic rings. The molecule has 0 amide bonds. The first-order chi connectivity index (χ1) is 4.86. The van der Waals surface area contributed by atoms with Gasteiger partial charge in [-0.2, -0.15) is 0 Å². The number of hydrogen-bond donors (Lipinski definition) is 1. The van der Waals surface area contributed by atoms with Gasteiger partial charge in [0.15, 0.2) is 0 Å². The summed E-state index contributed by atoms with van der Waals surface area (Å²) < 4.78 is 0. The summed E-state index contributed by atoms with van der Waals surface area (Å²) in [5.74, 6) is 1.03. The molecule has 0 bridgehead atoms. The molecule has 0 saturated heterocycles. The van der Waals surface area contributed by atoms with E-state index in [0.717, 1.165) is 5.82 Å². The third kappa shape index (κ3) is 0.865. The van der Waals surface area contributed by atoms with E-state index in [1.807, 2.05) is 24.0 Å². The first kappa shape index (κ1) is 6.04. The smallest absolute Gasteiger partial charge is 0.140 e. The van der Waals surface area contributed by atoms with Crippen molar-refractivity contribution in [2.24, 2.45) is 0 Å². The van der Waals surface area contributed by atoms with E-state index in [-0.39, 0.29) is 0 Å². The second-order valence-corrected chi connectivity index (χ2v) is 3.64. The Labute approximate surface area is 64.0 Å². The maximum Gasteiger partial charge on any atom is 0.140 e. The maximum absolute atomic E-state index is 4.18. The average Bonchev–Trinajstić information content (AvgIpc) is 2.27. The molecule has 1 unspecified atom stereocenters. The summed E-state index contributed by atoms with van der Waals surface area (Å²) >= 11 is 1.82. The Morgan fingerprint density at radius 3 is 3.40 bits per heavy atom. The first-order valence-corrected chi connectivity index (χ1v) is 4.12. The van der Waals surface area contributed by atoms with E-state index in [1.54, 1.807) is 0 Å². The predicted octanol–water partition coefficient (Wildman–Crippen LogP) is 1.95. The largest absolute Gasteiger partial charge is 0.357 e. The molecule has 2 rings (SSSR count). The second kappa shape index (κ2) is 2.16. The summed E-state index contributed by atoms with van der Waals surface area (Å²) in [6.45, 7) is 2.13. The second-order valence-electron chi connectivity index (χ2n) is 2.25. The van der Waals surface area contributed by atoms with Crippen LogP contribution in [0.4, 0.5) is 5.82 Å². The van der Waals surface area contributed by atoms with Crippen LogP contribution in [0, 0.1) is 0 Å². The van der Waals surface area contributed by atoms with E-state index in [4.69, 9.17) is 0 Å². The van der Waals surface area contributed by atoms with Gasteiger partial charge >= 0.3 is 0 Å². The Kier molecular flexibility index (Phi) is 1.31. The fourth-order valence-electron chi connectivity index (χ4n) is 1.01. The van der Waals surface area contributed by atoms with Gasteiger partial charge in [0.05, 0.1) is 10.3 Å². The Hall–Kier alpha value is -0.700. The summed E-state index contributed by atoms with van der Waals surface area (Å²) in [6, 6.07) is 4.05. The van der Waals surface area contributed by atoms with Gasteiger partial charge in [-0.05, 0) is 19.1 Å². The highest BCUT2D eigenvalue weighted by Crippen LogP contribution is 2.35. The minimum atomic E-state index is 0.477. The molecule has 10 heavy (non-hydrogen) atoms.